The van der Waals surface area contributed by atoms with Crippen LogP contribution in [0.4, 0.5) is 0 Å². The van der Waals surface area contributed by atoms with E-state index in [1.165, 1.54) is 25.7 Å². The molecule has 7 radical (unpaired) electrons. The Hall–Kier alpha value is -3.96. The third-order valence-electron chi connectivity index (χ3n) is 7.46. The maximum atomic E-state index is 7.50. The fraction of sp³-hybridized carbons (Fsp3) is 0.308. The molecule has 2 heterocycles. The Bertz CT molecular complexity index is 1640. The number of aromatic nitrogens is 2. The zero-order chi connectivity index (χ0) is 34.4. The van der Waals surface area contributed by atoms with Gasteiger partial charge in [0, 0.05) is 48.5 Å². The molecule has 0 amide bonds. The number of pyridine rings is 2. The van der Waals surface area contributed by atoms with Crippen molar-refractivity contribution in [3.63, 3.8) is 0 Å². The van der Waals surface area contributed by atoms with Crippen molar-refractivity contribution in [1.82, 2.24) is 9.97 Å². The third-order valence-corrected chi connectivity index (χ3v) is 7.75. The molecule has 0 saturated carbocycles. The van der Waals surface area contributed by atoms with Gasteiger partial charge in [-0.1, -0.05) is 125 Å². The minimum atomic E-state index is 0. The van der Waals surface area contributed by atoms with Crippen LogP contribution in [0.25, 0.3) is 44.1 Å². The number of rotatable bonds is 14. The summed E-state index contributed by atoms with van der Waals surface area (Å²) in [6.07, 6.45) is 10.9. The van der Waals surface area contributed by atoms with Crippen LogP contribution in [0, 0.1) is 0 Å². The van der Waals surface area contributed by atoms with Crippen molar-refractivity contribution in [2.24, 2.45) is 0 Å². The summed E-state index contributed by atoms with van der Waals surface area (Å²) in [6.45, 7) is 19.2. The van der Waals surface area contributed by atoms with Crippen molar-refractivity contribution in [2.45, 2.75) is 65.2 Å². The second-order valence-corrected chi connectivity index (χ2v) is 10.9. The van der Waals surface area contributed by atoms with E-state index in [2.05, 4.69) is 70.6 Å². The van der Waals surface area contributed by atoms with Crippen LogP contribution in [-0.4, -0.2) is 43.5 Å². The molecular formula is C39H39ClN2O5Re. The zero-order valence-corrected chi connectivity index (χ0v) is 30.7. The molecule has 0 aliphatic heterocycles. The number of benzene rings is 3. The van der Waals surface area contributed by atoms with Gasteiger partial charge in [0.1, 0.15) is 16.2 Å². The molecule has 48 heavy (non-hydrogen) atoms. The number of nitrogens with zero attached hydrogens (tertiary/aromatic N) is 2. The largest absolute Gasteiger partial charge is 0.489 e. The first-order valence-corrected chi connectivity index (χ1v) is 16.0. The SMILES string of the molecule is CCCCCCOc1c(OCCCCCC)c2cc(-c3ccccc3)c(Cl)nc2c2ncc(-c3ccccc3)cc12.[C]=O.[C]=O.[C]=O.[Re]. The van der Waals surface area contributed by atoms with E-state index in [1.807, 2.05) is 42.6 Å². The maximum Gasteiger partial charge on any atom is 0.281 e. The summed E-state index contributed by atoms with van der Waals surface area (Å²) in [7, 11) is 0. The van der Waals surface area contributed by atoms with Gasteiger partial charge in [-0.15, -0.1) is 0 Å². The third kappa shape index (κ3) is 11.3. The molecule has 249 valence electrons. The van der Waals surface area contributed by atoms with E-state index in [0.717, 1.165) is 81.2 Å². The fourth-order valence-corrected chi connectivity index (χ4v) is 5.47. The van der Waals surface area contributed by atoms with Gasteiger partial charge in [0.2, 0.25) is 0 Å². The molecule has 7 nitrogen and oxygen atoms in total. The van der Waals surface area contributed by atoms with Gasteiger partial charge in [-0.2, -0.15) is 0 Å². The Balaban J connectivity index is 0.00000156. The van der Waals surface area contributed by atoms with Crippen LogP contribution >= 0.6 is 11.6 Å². The second kappa shape index (κ2) is 24.2. The molecular weight excluding hydrogens is 798 g/mol. The van der Waals surface area contributed by atoms with Crippen molar-refractivity contribution in [3.05, 3.63) is 84.1 Å². The summed E-state index contributed by atoms with van der Waals surface area (Å²) in [5, 5.41) is 2.22. The second-order valence-electron chi connectivity index (χ2n) is 10.6. The summed E-state index contributed by atoms with van der Waals surface area (Å²) in [4.78, 5) is 32.4. The first-order valence-electron chi connectivity index (χ1n) is 15.6. The van der Waals surface area contributed by atoms with Crippen molar-refractivity contribution in [2.75, 3.05) is 13.2 Å². The van der Waals surface area contributed by atoms with E-state index in [9.17, 15) is 0 Å². The molecule has 0 bridgehead atoms. The number of unbranched alkanes of at least 4 members (excludes halogenated alkanes) is 6. The Labute approximate surface area is 303 Å². The maximum absolute atomic E-state index is 7.50. The standard InChI is InChI=1S/C36H39ClN2O2.3CO.Re/c1-3-5-7-15-21-40-34-30-23-28(26-17-11-9-12-18-26)25-38-32(30)33-31(35(34)41-22-16-8-6-4-2)24-29(36(37)39-33)27-19-13-10-14-20-27;3*1-2;/h9-14,17-20,23-25H,3-8,15-16,21-22H2,1-2H3;;;;. The van der Waals surface area contributed by atoms with Crippen molar-refractivity contribution in [1.29, 1.82) is 0 Å². The zero-order valence-electron chi connectivity index (χ0n) is 27.3. The van der Waals surface area contributed by atoms with Crippen LogP contribution in [0.1, 0.15) is 65.2 Å². The Morgan fingerprint density at radius 2 is 1.08 bits per heavy atom. The van der Waals surface area contributed by atoms with E-state index < -0.39 is 0 Å². The number of carbonyl (C=O) groups excluding carboxylic acids is 3. The molecule has 0 aliphatic carbocycles. The minimum absolute atomic E-state index is 0. The predicted molar refractivity (Wildman–Crippen MR) is 189 cm³/mol. The average Bonchev–Trinajstić information content (AvgIpc) is 3.15. The first-order chi connectivity index (χ1) is 23.2. The Morgan fingerprint density at radius 3 is 1.58 bits per heavy atom. The summed E-state index contributed by atoms with van der Waals surface area (Å²) < 4.78 is 13.2. The number of ether oxygens (including phenoxy) is 2. The molecule has 0 aliphatic rings. The topological polar surface area (TPSA) is 95.4 Å². The van der Waals surface area contributed by atoms with Crippen LogP contribution in [0.5, 0.6) is 11.5 Å². The van der Waals surface area contributed by atoms with Crippen LogP contribution in [0.15, 0.2) is 79.0 Å². The van der Waals surface area contributed by atoms with Gasteiger partial charge in [0.25, 0.3) is 20.4 Å². The van der Waals surface area contributed by atoms with Gasteiger partial charge in [-0.25, -0.2) is 4.98 Å². The Morgan fingerprint density at radius 1 is 0.604 bits per heavy atom. The summed E-state index contributed by atoms with van der Waals surface area (Å²) in [6, 6.07) is 24.7. The molecule has 0 N–H and O–H groups in total. The quantitative estimate of drug-likeness (QED) is 0.0625. The molecule has 0 fully saturated rings. The summed E-state index contributed by atoms with van der Waals surface area (Å²) in [5.74, 6) is 1.47. The summed E-state index contributed by atoms with van der Waals surface area (Å²) >= 11 is 6.84. The smallest absolute Gasteiger partial charge is 0.281 e. The van der Waals surface area contributed by atoms with Crippen LogP contribution in [0.3, 0.4) is 0 Å². The number of hydrogen-bond acceptors (Lipinski definition) is 7. The van der Waals surface area contributed by atoms with Crippen molar-refractivity contribution >= 4 is 53.8 Å². The molecule has 0 saturated heterocycles. The number of fused-ring (bicyclic) bond motifs is 3. The summed E-state index contributed by atoms with van der Waals surface area (Å²) in [5.41, 5.74) is 5.49. The average molecular weight is 837 g/mol. The first kappa shape index (κ1) is 42.1. The van der Waals surface area contributed by atoms with Gasteiger partial charge in [0.15, 0.2) is 11.5 Å². The van der Waals surface area contributed by atoms with E-state index in [-0.39, 0.29) is 20.4 Å². The number of halogens is 1. The molecule has 3 aromatic carbocycles. The van der Waals surface area contributed by atoms with Gasteiger partial charge in [-0.05, 0) is 36.1 Å². The Kier molecular flexibility index (Phi) is 21.2. The molecule has 0 unspecified atom stereocenters. The molecule has 5 aromatic rings. The predicted octanol–water partition coefficient (Wildman–Crippen LogP) is 9.49. The van der Waals surface area contributed by atoms with Crippen LogP contribution in [-0.2, 0) is 34.8 Å². The van der Waals surface area contributed by atoms with Crippen molar-refractivity contribution in [3.8, 4) is 33.8 Å². The van der Waals surface area contributed by atoms with Gasteiger partial charge in [0.05, 0.1) is 13.2 Å². The van der Waals surface area contributed by atoms with E-state index in [0.29, 0.717) is 18.4 Å². The molecule has 0 atom stereocenters. The molecule has 2 aromatic heterocycles. The van der Waals surface area contributed by atoms with Crippen LogP contribution in [0.2, 0.25) is 5.15 Å². The van der Waals surface area contributed by atoms with Gasteiger partial charge in [-0.3, -0.25) is 19.4 Å². The van der Waals surface area contributed by atoms with Gasteiger partial charge < -0.3 is 9.47 Å². The molecule has 9 heteroatoms. The van der Waals surface area contributed by atoms with E-state index in [1.54, 1.807) is 0 Å². The molecule has 5 rings (SSSR count). The molecule has 0 spiro atoms. The minimum Gasteiger partial charge on any atom is -0.489 e. The monoisotopic (exact) mass is 837 g/mol. The van der Waals surface area contributed by atoms with Crippen molar-refractivity contribution < 1.29 is 44.3 Å². The van der Waals surface area contributed by atoms with E-state index >= 15 is 0 Å². The van der Waals surface area contributed by atoms with E-state index in [4.69, 9.17) is 45.4 Å². The number of hydrogen-bond donors (Lipinski definition) is 0. The fourth-order valence-electron chi connectivity index (χ4n) is 5.22. The van der Waals surface area contributed by atoms with Gasteiger partial charge >= 0.3 is 0 Å². The van der Waals surface area contributed by atoms with Crippen LogP contribution < -0.4 is 9.47 Å². The normalized spacial score (nSPS) is 9.90.